The molecule has 0 fully saturated rings. The summed E-state index contributed by atoms with van der Waals surface area (Å²) in [6, 6.07) is 9.96. The molecule has 2 N–H and O–H groups in total. The number of carbonyl (C=O) groups excluding carboxylic acids is 1. The molecule has 0 aliphatic heterocycles. The van der Waals surface area contributed by atoms with Crippen LogP contribution in [0.25, 0.3) is 0 Å². The third kappa shape index (κ3) is 4.19. The second-order valence-corrected chi connectivity index (χ2v) is 4.53. The summed E-state index contributed by atoms with van der Waals surface area (Å²) in [6.45, 7) is 5.63. The van der Waals surface area contributed by atoms with E-state index in [2.05, 4.69) is 24.5 Å². The van der Waals surface area contributed by atoms with E-state index in [1.807, 2.05) is 37.4 Å². The Morgan fingerprint density at radius 3 is 2.35 bits per heavy atom. The number of hydrogen-bond acceptors (Lipinski definition) is 2. The van der Waals surface area contributed by atoms with E-state index >= 15 is 0 Å². The van der Waals surface area contributed by atoms with Crippen LogP contribution < -0.4 is 10.6 Å². The van der Waals surface area contributed by atoms with E-state index in [1.54, 1.807) is 0 Å². The van der Waals surface area contributed by atoms with Crippen LogP contribution in [0, 0.1) is 5.92 Å². The Labute approximate surface area is 104 Å². The molecule has 94 valence electrons. The second kappa shape index (κ2) is 7.07. The van der Waals surface area contributed by atoms with Crippen LogP contribution in [0.2, 0.25) is 0 Å². The first kappa shape index (κ1) is 13.7. The zero-order chi connectivity index (χ0) is 12.7. The van der Waals surface area contributed by atoms with Crippen LogP contribution >= 0.6 is 0 Å². The van der Waals surface area contributed by atoms with Crippen LogP contribution in [0.1, 0.15) is 25.3 Å². The number of rotatable bonds is 6. The molecule has 0 saturated carbocycles. The number of benzene rings is 1. The van der Waals surface area contributed by atoms with Crippen molar-refractivity contribution in [2.24, 2.45) is 5.92 Å². The zero-order valence-corrected chi connectivity index (χ0v) is 10.9. The van der Waals surface area contributed by atoms with Gasteiger partial charge < -0.3 is 10.6 Å². The fourth-order valence-electron chi connectivity index (χ4n) is 1.92. The molecular weight excluding hydrogens is 212 g/mol. The molecule has 0 aliphatic rings. The molecule has 1 atom stereocenters. The van der Waals surface area contributed by atoms with E-state index in [1.165, 1.54) is 0 Å². The van der Waals surface area contributed by atoms with Gasteiger partial charge in [-0.15, -0.1) is 0 Å². The van der Waals surface area contributed by atoms with Gasteiger partial charge in [0, 0.05) is 13.1 Å². The van der Waals surface area contributed by atoms with Crippen molar-refractivity contribution in [2.75, 3.05) is 20.1 Å². The number of likely N-dealkylation sites (N-methyl/N-ethyl adjacent to an activating group) is 1. The summed E-state index contributed by atoms with van der Waals surface area (Å²) >= 11 is 0. The van der Waals surface area contributed by atoms with Crippen molar-refractivity contribution in [1.82, 2.24) is 10.6 Å². The number of nitrogens with one attached hydrogen (secondary N) is 2. The lowest BCUT2D eigenvalue weighted by Gasteiger charge is -2.20. The van der Waals surface area contributed by atoms with Crippen LogP contribution in [0.3, 0.4) is 0 Å². The van der Waals surface area contributed by atoms with E-state index in [-0.39, 0.29) is 11.8 Å². The molecule has 1 unspecified atom stereocenters. The quantitative estimate of drug-likeness (QED) is 0.736. The summed E-state index contributed by atoms with van der Waals surface area (Å²) in [5.74, 6) is 0.349. The molecule has 3 heteroatoms. The Kier molecular flexibility index (Phi) is 5.70. The SMILES string of the molecule is CNCCNC(=O)C(c1ccccc1)C(C)C. The molecule has 1 rings (SSSR count). The van der Waals surface area contributed by atoms with E-state index in [4.69, 9.17) is 0 Å². The Hall–Kier alpha value is -1.35. The first-order valence-corrected chi connectivity index (χ1v) is 6.14. The molecule has 3 nitrogen and oxygen atoms in total. The molecular formula is C14H22N2O. The monoisotopic (exact) mass is 234 g/mol. The van der Waals surface area contributed by atoms with Crippen LogP contribution in [-0.2, 0) is 4.79 Å². The van der Waals surface area contributed by atoms with Crippen LogP contribution in [-0.4, -0.2) is 26.0 Å². The van der Waals surface area contributed by atoms with Gasteiger partial charge in [0.25, 0.3) is 0 Å². The summed E-state index contributed by atoms with van der Waals surface area (Å²) in [4.78, 5) is 12.1. The molecule has 0 bridgehead atoms. The molecule has 0 spiro atoms. The molecule has 1 aromatic carbocycles. The number of carbonyl (C=O) groups is 1. The van der Waals surface area contributed by atoms with Crippen molar-refractivity contribution in [3.63, 3.8) is 0 Å². The maximum atomic E-state index is 12.1. The molecule has 1 amide bonds. The second-order valence-electron chi connectivity index (χ2n) is 4.53. The van der Waals surface area contributed by atoms with Gasteiger partial charge in [0.2, 0.25) is 5.91 Å². The fourth-order valence-corrected chi connectivity index (χ4v) is 1.92. The molecule has 0 heterocycles. The van der Waals surface area contributed by atoms with Gasteiger partial charge in [-0.3, -0.25) is 4.79 Å². The largest absolute Gasteiger partial charge is 0.354 e. The van der Waals surface area contributed by atoms with Crippen LogP contribution in [0.15, 0.2) is 30.3 Å². The summed E-state index contributed by atoms with van der Waals surface area (Å²) < 4.78 is 0. The highest BCUT2D eigenvalue weighted by molar-refractivity contribution is 5.83. The lowest BCUT2D eigenvalue weighted by molar-refractivity contribution is -0.123. The van der Waals surface area contributed by atoms with Crippen LogP contribution in [0.5, 0.6) is 0 Å². The summed E-state index contributed by atoms with van der Waals surface area (Å²) in [5.41, 5.74) is 1.09. The third-order valence-corrected chi connectivity index (χ3v) is 2.78. The van der Waals surface area contributed by atoms with E-state index in [9.17, 15) is 4.79 Å². The van der Waals surface area contributed by atoms with E-state index in [0.29, 0.717) is 12.5 Å². The Morgan fingerprint density at radius 2 is 1.82 bits per heavy atom. The van der Waals surface area contributed by atoms with Crippen molar-refractivity contribution >= 4 is 5.91 Å². The van der Waals surface area contributed by atoms with E-state index in [0.717, 1.165) is 12.1 Å². The van der Waals surface area contributed by atoms with Gasteiger partial charge in [-0.1, -0.05) is 44.2 Å². The van der Waals surface area contributed by atoms with Crippen molar-refractivity contribution < 1.29 is 4.79 Å². The van der Waals surface area contributed by atoms with Gasteiger partial charge in [-0.25, -0.2) is 0 Å². The fraction of sp³-hybridized carbons (Fsp3) is 0.500. The van der Waals surface area contributed by atoms with Crippen molar-refractivity contribution in [1.29, 1.82) is 0 Å². The standard InChI is InChI=1S/C14H22N2O/c1-11(2)13(12-7-5-4-6-8-12)14(17)16-10-9-15-3/h4-8,11,13,15H,9-10H2,1-3H3,(H,16,17). The minimum atomic E-state index is -0.0620. The van der Waals surface area contributed by atoms with Gasteiger partial charge in [-0.2, -0.15) is 0 Å². The molecule has 17 heavy (non-hydrogen) atoms. The number of hydrogen-bond donors (Lipinski definition) is 2. The van der Waals surface area contributed by atoms with Crippen molar-refractivity contribution in [2.45, 2.75) is 19.8 Å². The lowest BCUT2D eigenvalue weighted by atomic mass is 9.88. The van der Waals surface area contributed by atoms with Crippen molar-refractivity contribution in [3.05, 3.63) is 35.9 Å². The van der Waals surface area contributed by atoms with Gasteiger partial charge in [0.05, 0.1) is 5.92 Å². The highest BCUT2D eigenvalue weighted by Gasteiger charge is 2.23. The Morgan fingerprint density at radius 1 is 1.18 bits per heavy atom. The van der Waals surface area contributed by atoms with Crippen LogP contribution in [0.4, 0.5) is 0 Å². The van der Waals surface area contributed by atoms with Gasteiger partial charge in [0.15, 0.2) is 0 Å². The first-order valence-electron chi connectivity index (χ1n) is 6.14. The average molecular weight is 234 g/mol. The van der Waals surface area contributed by atoms with Crippen molar-refractivity contribution in [3.8, 4) is 0 Å². The predicted molar refractivity (Wildman–Crippen MR) is 71.0 cm³/mol. The summed E-state index contributed by atoms with van der Waals surface area (Å²) in [7, 11) is 1.88. The first-order chi connectivity index (χ1) is 8.16. The topological polar surface area (TPSA) is 41.1 Å². The molecule has 0 radical (unpaired) electrons. The number of amides is 1. The minimum absolute atomic E-state index is 0.0620. The average Bonchev–Trinajstić information content (AvgIpc) is 2.30. The summed E-state index contributed by atoms with van der Waals surface area (Å²) in [6.07, 6.45) is 0. The van der Waals surface area contributed by atoms with Gasteiger partial charge in [-0.05, 0) is 18.5 Å². The highest BCUT2D eigenvalue weighted by Crippen LogP contribution is 2.24. The summed E-state index contributed by atoms with van der Waals surface area (Å²) in [5, 5.41) is 5.98. The maximum Gasteiger partial charge on any atom is 0.227 e. The smallest absolute Gasteiger partial charge is 0.227 e. The van der Waals surface area contributed by atoms with Gasteiger partial charge >= 0.3 is 0 Å². The third-order valence-electron chi connectivity index (χ3n) is 2.78. The normalized spacial score (nSPS) is 12.5. The highest BCUT2D eigenvalue weighted by atomic mass is 16.1. The van der Waals surface area contributed by atoms with E-state index < -0.39 is 0 Å². The molecule has 0 aliphatic carbocycles. The maximum absolute atomic E-state index is 12.1. The molecule has 0 aromatic heterocycles. The van der Waals surface area contributed by atoms with Gasteiger partial charge in [0.1, 0.15) is 0 Å². The zero-order valence-electron chi connectivity index (χ0n) is 10.9. The minimum Gasteiger partial charge on any atom is -0.354 e. The Balaban J connectivity index is 2.70. The lowest BCUT2D eigenvalue weighted by Crippen LogP contribution is -2.35. The Bertz CT molecular complexity index is 335. The predicted octanol–water partition coefficient (Wildman–Crippen LogP) is 1.76. The molecule has 0 saturated heterocycles. The molecule has 1 aromatic rings.